The fraction of sp³-hybridized carbons (Fsp3) is 0.217. The van der Waals surface area contributed by atoms with Crippen LogP contribution in [-0.2, 0) is 9.53 Å². The second kappa shape index (κ2) is 7.98. The lowest BCUT2D eigenvalue weighted by Gasteiger charge is -2.26. The van der Waals surface area contributed by atoms with Crippen LogP contribution < -0.4 is 9.47 Å². The van der Waals surface area contributed by atoms with Gasteiger partial charge in [0.25, 0.3) is 6.04 Å². The average molecular weight is 392 g/mol. The highest BCUT2D eigenvalue weighted by Crippen LogP contribution is 2.33. The fourth-order valence-corrected chi connectivity index (χ4v) is 4.47. The van der Waals surface area contributed by atoms with E-state index in [9.17, 15) is 4.79 Å². The van der Waals surface area contributed by atoms with E-state index in [1.165, 1.54) is 0 Å². The molecule has 0 amide bonds. The van der Waals surface area contributed by atoms with E-state index in [-0.39, 0.29) is 5.97 Å². The number of ether oxygens (including phenoxy) is 1. The first-order valence-corrected chi connectivity index (χ1v) is 10.4. The van der Waals surface area contributed by atoms with Crippen LogP contribution in [0.15, 0.2) is 72.4 Å². The number of fused-ring (bicyclic) bond motifs is 2. The van der Waals surface area contributed by atoms with Crippen LogP contribution in [0.25, 0.3) is 15.8 Å². The van der Waals surface area contributed by atoms with Crippen molar-refractivity contribution in [1.29, 1.82) is 0 Å². The van der Waals surface area contributed by atoms with Gasteiger partial charge in [-0.25, -0.2) is 4.79 Å². The Bertz CT molecular complexity index is 1070. The van der Waals surface area contributed by atoms with Crippen molar-refractivity contribution in [3.05, 3.63) is 78.0 Å². The lowest BCUT2D eigenvalue weighted by Crippen LogP contribution is -2.42. The van der Waals surface area contributed by atoms with Gasteiger partial charge < -0.3 is 9.64 Å². The zero-order valence-electron chi connectivity index (χ0n) is 16.0. The third kappa shape index (κ3) is 3.34. The summed E-state index contributed by atoms with van der Waals surface area (Å²) in [5.41, 5.74) is 6.34. The molecule has 0 fully saturated rings. The Morgan fingerprint density at radius 1 is 1.18 bits per heavy atom. The molecule has 3 aromatic rings. The van der Waals surface area contributed by atoms with E-state index in [2.05, 4.69) is 42.3 Å². The molecule has 1 aliphatic rings. The first-order chi connectivity index (χ1) is 13.7. The summed E-state index contributed by atoms with van der Waals surface area (Å²) in [4.78, 5) is 15.1. The summed E-state index contributed by atoms with van der Waals surface area (Å²) in [5, 5.41) is 0. The van der Waals surface area contributed by atoms with Crippen molar-refractivity contribution < 1.29 is 14.1 Å². The normalized spacial score (nSPS) is 15.6. The molecule has 4 nitrogen and oxygen atoms in total. The van der Waals surface area contributed by atoms with Gasteiger partial charge in [0, 0.05) is 36.1 Å². The number of thiazole rings is 1. The van der Waals surface area contributed by atoms with Crippen LogP contribution in [-0.4, -0.2) is 19.1 Å². The lowest BCUT2D eigenvalue weighted by atomic mass is 9.97. The molecular weight excluding hydrogens is 368 g/mol. The van der Waals surface area contributed by atoms with Crippen molar-refractivity contribution in [2.45, 2.75) is 19.9 Å². The third-order valence-corrected chi connectivity index (χ3v) is 5.83. The predicted molar refractivity (Wildman–Crippen MR) is 114 cm³/mol. The van der Waals surface area contributed by atoms with Crippen LogP contribution in [0.4, 0.5) is 5.69 Å². The Balaban J connectivity index is 1.83. The maximum atomic E-state index is 12.9. The minimum atomic E-state index is -0.517. The number of allylic oxidation sites excluding steroid dienone is 2. The maximum Gasteiger partial charge on any atom is 0.380 e. The molecule has 142 valence electrons. The maximum absolute atomic E-state index is 12.9. The quantitative estimate of drug-likeness (QED) is 0.466. The summed E-state index contributed by atoms with van der Waals surface area (Å²) in [6.45, 7) is 5.22. The number of benzene rings is 2. The number of carbonyl (C=O) groups is 1. The van der Waals surface area contributed by atoms with Gasteiger partial charge in [-0.1, -0.05) is 41.7 Å². The number of esters is 1. The highest BCUT2D eigenvalue weighted by molar-refractivity contribution is 7.16. The number of nitrogens with zero attached hydrogens (tertiary/aromatic N) is 2. The second-order valence-corrected chi connectivity index (χ2v) is 7.42. The van der Waals surface area contributed by atoms with Gasteiger partial charge in [0.2, 0.25) is 11.0 Å². The SMILES string of the molecule is CCOC(=O)C(C=C1C=CN(CC)c2ccccc21)[n+]1csc2ccccc21. The summed E-state index contributed by atoms with van der Waals surface area (Å²) in [6.07, 6.45) is 6.17. The fourth-order valence-electron chi connectivity index (χ4n) is 3.55. The van der Waals surface area contributed by atoms with Crippen LogP contribution in [0.2, 0.25) is 0 Å². The molecule has 1 unspecified atom stereocenters. The van der Waals surface area contributed by atoms with E-state index in [4.69, 9.17) is 4.74 Å². The van der Waals surface area contributed by atoms with Crippen molar-refractivity contribution in [2.75, 3.05) is 18.1 Å². The summed E-state index contributed by atoms with van der Waals surface area (Å²) in [5.74, 6) is -0.243. The van der Waals surface area contributed by atoms with Gasteiger partial charge in [-0.2, -0.15) is 4.57 Å². The van der Waals surface area contributed by atoms with Crippen LogP contribution >= 0.6 is 11.3 Å². The Hall–Kier alpha value is -2.92. The molecule has 1 aliphatic heterocycles. The Kier molecular flexibility index (Phi) is 5.26. The van der Waals surface area contributed by atoms with E-state index in [1.807, 2.05) is 53.4 Å². The number of anilines is 1. The molecule has 4 rings (SSSR count). The Morgan fingerprint density at radius 3 is 2.79 bits per heavy atom. The zero-order chi connectivity index (χ0) is 19.5. The minimum absolute atomic E-state index is 0.243. The number of hydrogen-bond acceptors (Lipinski definition) is 4. The standard InChI is InChI=1S/C23H23N2O2S/c1-3-24-14-13-17(18-9-5-6-10-19(18)24)15-21(23(26)27-4-2)25-16-28-22-12-8-7-11-20(22)25/h5-16,21H,3-4H2,1-2H3/q+1. The lowest BCUT2D eigenvalue weighted by molar-refractivity contribution is -0.671. The molecule has 0 bridgehead atoms. The smallest absolute Gasteiger partial charge is 0.380 e. The Labute approximate surface area is 169 Å². The third-order valence-electron chi connectivity index (χ3n) is 4.90. The van der Waals surface area contributed by atoms with Gasteiger partial charge in [-0.05, 0) is 37.6 Å². The molecule has 2 aromatic carbocycles. The van der Waals surface area contributed by atoms with E-state index in [0.29, 0.717) is 6.61 Å². The highest BCUT2D eigenvalue weighted by atomic mass is 32.1. The van der Waals surface area contributed by atoms with Crippen LogP contribution in [0.3, 0.4) is 0 Å². The number of carbonyl (C=O) groups excluding carboxylic acids is 1. The van der Waals surface area contributed by atoms with E-state index in [1.54, 1.807) is 11.3 Å². The van der Waals surface area contributed by atoms with Crippen LogP contribution in [0.5, 0.6) is 0 Å². The van der Waals surface area contributed by atoms with Crippen molar-refractivity contribution in [3.8, 4) is 0 Å². The molecule has 1 aromatic heterocycles. The van der Waals surface area contributed by atoms with E-state index in [0.717, 1.165) is 33.6 Å². The van der Waals surface area contributed by atoms with Gasteiger partial charge in [0.15, 0.2) is 0 Å². The van der Waals surface area contributed by atoms with Gasteiger partial charge in [-0.15, -0.1) is 0 Å². The highest BCUT2D eigenvalue weighted by Gasteiger charge is 2.31. The molecule has 0 saturated heterocycles. The molecule has 0 saturated carbocycles. The molecule has 5 heteroatoms. The first kappa shape index (κ1) is 18.4. The van der Waals surface area contributed by atoms with Gasteiger partial charge >= 0.3 is 5.97 Å². The van der Waals surface area contributed by atoms with Crippen LogP contribution in [0.1, 0.15) is 25.5 Å². The monoisotopic (exact) mass is 391 g/mol. The topological polar surface area (TPSA) is 33.4 Å². The molecular formula is C23H23N2O2S+. The van der Waals surface area contributed by atoms with Crippen molar-refractivity contribution in [3.63, 3.8) is 0 Å². The van der Waals surface area contributed by atoms with Crippen molar-refractivity contribution >= 4 is 38.8 Å². The van der Waals surface area contributed by atoms with Gasteiger partial charge in [-0.3, -0.25) is 0 Å². The Morgan fingerprint density at radius 2 is 1.96 bits per heavy atom. The zero-order valence-corrected chi connectivity index (χ0v) is 16.9. The number of aromatic nitrogens is 1. The predicted octanol–water partition coefficient (Wildman–Crippen LogP) is 4.73. The molecule has 0 aliphatic carbocycles. The van der Waals surface area contributed by atoms with Gasteiger partial charge in [0.05, 0.1) is 6.61 Å². The first-order valence-electron chi connectivity index (χ1n) is 9.53. The second-order valence-electron chi connectivity index (χ2n) is 6.54. The number of rotatable bonds is 5. The summed E-state index contributed by atoms with van der Waals surface area (Å²) >= 11 is 1.63. The molecule has 0 spiro atoms. The average Bonchev–Trinajstić information content (AvgIpc) is 3.16. The molecule has 2 heterocycles. The van der Waals surface area contributed by atoms with E-state index >= 15 is 0 Å². The minimum Gasteiger partial charge on any atom is -0.461 e. The largest absolute Gasteiger partial charge is 0.461 e. The number of para-hydroxylation sites is 2. The summed E-state index contributed by atoms with van der Waals surface area (Å²) in [7, 11) is 0. The summed E-state index contributed by atoms with van der Waals surface area (Å²) < 4.78 is 8.57. The molecule has 0 radical (unpaired) electrons. The number of hydrogen-bond donors (Lipinski definition) is 0. The van der Waals surface area contributed by atoms with Crippen molar-refractivity contribution in [1.82, 2.24) is 0 Å². The molecule has 1 atom stereocenters. The van der Waals surface area contributed by atoms with Gasteiger partial charge in [0.1, 0.15) is 4.70 Å². The van der Waals surface area contributed by atoms with E-state index < -0.39 is 6.04 Å². The molecule has 0 N–H and O–H groups in total. The summed E-state index contributed by atoms with van der Waals surface area (Å²) in [6, 6.07) is 15.9. The molecule has 28 heavy (non-hydrogen) atoms. The van der Waals surface area contributed by atoms with Crippen molar-refractivity contribution in [2.24, 2.45) is 0 Å². The van der Waals surface area contributed by atoms with Crippen LogP contribution in [0, 0.1) is 0 Å².